The van der Waals surface area contributed by atoms with E-state index in [0.717, 1.165) is 37.9 Å². The van der Waals surface area contributed by atoms with E-state index in [-0.39, 0.29) is 11.8 Å². The van der Waals surface area contributed by atoms with Gasteiger partial charge >= 0.3 is 0 Å². The fourth-order valence-electron chi connectivity index (χ4n) is 4.17. The van der Waals surface area contributed by atoms with E-state index < -0.39 is 5.54 Å². The second kappa shape index (κ2) is 6.35. The highest BCUT2D eigenvalue weighted by atomic mass is 16.2. The average molecular weight is 338 g/mol. The molecule has 4 rings (SSSR count). The van der Waals surface area contributed by atoms with Crippen molar-refractivity contribution >= 4 is 11.8 Å². The zero-order chi connectivity index (χ0) is 17.3. The Morgan fingerprint density at radius 1 is 1.16 bits per heavy atom. The second-order valence-corrected chi connectivity index (χ2v) is 6.83. The Hall–Kier alpha value is -2.63. The maximum absolute atomic E-state index is 13.3. The summed E-state index contributed by atoms with van der Waals surface area (Å²) in [6.07, 6.45) is 6.76. The van der Waals surface area contributed by atoms with E-state index in [1.54, 1.807) is 23.4 Å². The SMILES string of the molecule is O=C(c1ccc[nH]1)N1CCCC12CCCN(Cc1ccccn1)C2=O. The molecule has 1 spiro atoms. The van der Waals surface area contributed by atoms with Crippen molar-refractivity contribution in [1.82, 2.24) is 19.8 Å². The molecule has 0 aliphatic carbocycles. The minimum absolute atomic E-state index is 0.0711. The zero-order valence-electron chi connectivity index (χ0n) is 14.1. The molecule has 2 amide bonds. The molecule has 2 fully saturated rings. The van der Waals surface area contributed by atoms with Crippen LogP contribution in [-0.2, 0) is 11.3 Å². The van der Waals surface area contributed by atoms with Crippen LogP contribution in [0.3, 0.4) is 0 Å². The van der Waals surface area contributed by atoms with Gasteiger partial charge in [0.25, 0.3) is 5.91 Å². The third kappa shape index (κ3) is 2.71. The monoisotopic (exact) mass is 338 g/mol. The van der Waals surface area contributed by atoms with Gasteiger partial charge in [0.1, 0.15) is 11.2 Å². The van der Waals surface area contributed by atoms with Crippen LogP contribution >= 0.6 is 0 Å². The summed E-state index contributed by atoms with van der Waals surface area (Å²) in [6.45, 7) is 1.87. The Balaban J connectivity index is 1.59. The predicted molar refractivity (Wildman–Crippen MR) is 92.7 cm³/mol. The second-order valence-electron chi connectivity index (χ2n) is 6.83. The van der Waals surface area contributed by atoms with Crippen LogP contribution in [0.15, 0.2) is 42.7 Å². The Kier molecular flexibility index (Phi) is 4.03. The van der Waals surface area contributed by atoms with Crippen molar-refractivity contribution in [2.45, 2.75) is 37.8 Å². The number of nitrogens with one attached hydrogen (secondary N) is 1. The summed E-state index contributed by atoms with van der Waals surface area (Å²) in [7, 11) is 0. The Morgan fingerprint density at radius 2 is 2.00 bits per heavy atom. The summed E-state index contributed by atoms with van der Waals surface area (Å²) in [5.74, 6) is -0.00246. The standard InChI is InChI=1S/C19H22N4O2/c24-17(16-7-3-11-21-16)23-13-5-9-19(23)8-4-12-22(18(19)25)14-15-6-1-2-10-20-15/h1-3,6-7,10-11,21H,4-5,8-9,12-14H2. The van der Waals surface area contributed by atoms with Gasteiger partial charge in [0.2, 0.25) is 5.91 Å². The largest absolute Gasteiger partial charge is 0.357 e. The molecular weight excluding hydrogens is 316 g/mol. The first-order valence-corrected chi connectivity index (χ1v) is 8.85. The molecule has 2 aromatic rings. The molecule has 25 heavy (non-hydrogen) atoms. The van der Waals surface area contributed by atoms with Crippen LogP contribution in [0.4, 0.5) is 0 Å². The van der Waals surface area contributed by atoms with Gasteiger partial charge in [-0.3, -0.25) is 14.6 Å². The molecular formula is C19H22N4O2. The number of H-pyrrole nitrogens is 1. The first-order valence-electron chi connectivity index (χ1n) is 8.85. The smallest absolute Gasteiger partial charge is 0.271 e. The van der Waals surface area contributed by atoms with E-state index in [2.05, 4.69) is 9.97 Å². The minimum Gasteiger partial charge on any atom is -0.357 e. The molecule has 1 atom stereocenters. The van der Waals surface area contributed by atoms with E-state index in [4.69, 9.17) is 0 Å². The lowest BCUT2D eigenvalue weighted by atomic mass is 9.85. The topological polar surface area (TPSA) is 69.3 Å². The maximum atomic E-state index is 13.3. The summed E-state index contributed by atoms with van der Waals surface area (Å²) >= 11 is 0. The fraction of sp³-hybridized carbons (Fsp3) is 0.421. The van der Waals surface area contributed by atoms with Crippen molar-refractivity contribution in [2.24, 2.45) is 0 Å². The number of pyridine rings is 1. The highest BCUT2D eigenvalue weighted by Gasteiger charge is 2.52. The molecule has 2 saturated heterocycles. The molecule has 0 saturated carbocycles. The van der Waals surface area contributed by atoms with Crippen LogP contribution < -0.4 is 0 Å². The van der Waals surface area contributed by atoms with Gasteiger partial charge in [-0.1, -0.05) is 6.07 Å². The lowest BCUT2D eigenvalue weighted by Gasteiger charge is -2.44. The Bertz CT molecular complexity index is 759. The van der Waals surface area contributed by atoms with Crippen LogP contribution in [0.1, 0.15) is 41.9 Å². The van der Waals surface area contributed by atoms with Crippen molar-refractivity contribution in [3.05, 3.63) is 54.1 Å². The van der Waals surface area contributed by atoms with Crippen molar-refractivity contribution in [2.75, 3.05) is 13.1 Å². The van der Waals surface area contributed by atoms with Crippen molar-refractivity contribution in [3.63, 3.8) is 0 Å². The normalized spacial score (nSPS) is 23.4. The summed E-state index contributed by atoms with van der Waals surface area (Å²) in [5.41, 5.74) is 0.749. The summed E-state index contributed by atoms with van der Waals surface area (Å²) in [6, 6.07) is 9.32. The molecule has 130 valence electrons. The van der Waals surface area contributed by atoms with Gasteiger partial charge in [-0.15, -0.1) is 0 Å². The molecule has 0 bridgehead atoms. The van der Waals surface area contributed by atoms with Gasteiger partial charge in [-0.25, -0.2) is 0 Å². The molecule has 1 unspecified atom stereocenters. The molecule has 1 N–H and O–H groups in total. The van der Waals surface area contributed by atoms with Crippen LogP contribution in [0.5, 0.6) is 0 Å². The van der Waals surface area contributed by atoms with E-state index >= 15 is 0 Å². The highest BCUT2D eigenvalue weighted by Crippen LogP contribution is 2.39. The molecule has 6 heteroatoms. The minimum atomic E-state index is -0.685. The first kappa shape index (κ1) is 15.9. The molecule has 2 aliphatic heterocycles. The number of aromatic nitrogens is 2. The molecule has 6 nitrogen and oxygen atoms in total. The van der Waals surface area contributed by atoms with E-state index in [1.807, 2.05) is 29.2 Å². The predicted octanol–water partition coefficient (Wildman–Crippen LogP) is 2.21. The quantitative estimate of drug-likeness (QED) is 0.933. The third-order valence-electron chi connectivity index (χ3n) is 5.34. The van der Waals surface area contributed by atoms with Crippen LogP contribution in [0, 0.1) is 0 Å². The number of hydrogen-bond donors (Lipinski definition) is 1. The number of hydrogen-bond acceptors (Lipinski definition) is 3. The number of rotatable bonds is 3. The van der Waals surface area contributed by atoms with Crippen LogP contribution in [0.25, 0.3) is 0 Å². The Labute approximate surface area is 146 Å². The summed E-state index contributed by atoms with van der Waals surface area (Å²) < 4.78 is 0. The van der Waals surface area contributed by atoms with Crippen LogP contribution in [-0.4, -0.2) is 50.2 Å². The molecule has 0 radical (unpaired) electrons. The van der Waals surface area contributed by atoms with Gasteiger partial charge in [-0.2, -0.15) is 0 Å². The number of likely N-dealkylation sites (tertiary alicyclic amines) is 2. The van der Waals surface area contributed by atoms with Gasteiger partial charge in [0.05, 0.1) is 12.2 Å². The highest BCUT2D eigenvalue weighted by molar-refractivity contribution is 5.99. The number of nitrogens with zero attached hydrogens (tertiary/aromatic N) is 3. The van der Waals surface area contributed by atoms with E-state index in [9.17, 15) is 9.59 Å². The van der Waals surface area contributed by atoms with Gasteiger partial charge in [0.15, 0.2) is 0 Å². The van der Waals surface area contributed by atoms with Crippen LogP contribution in [0.2, 0.25) is 0 Å². The lowest BCUT2D eigenvalue weighted by Crippen LogP contribution is -2.61. The van der Waals surface area contributed by atoms with Crippen molar-refractivity contribution in [3.8, 4) is 0 Å². The third-order valence-corrected chi connectivity index (χ3v) is 5.34. The van der Waals surface area contributed by atoms with Gasteiger partial charge in [0, 0.05) is 25.5 Å². The van der Waals surface area contributed by atoms with E-state index in [0.29, 0.717) is 18.8 Å². The number of aromatic amines is 1. The van der Waals surface area contributed by atoms with E-state index in [1.165, 1.54) is 0 Å². The molecule has 4 heterocycles. The number of carbonyl (C=O) groups excluding carboxylic acids is 2. The number of amides is 2. The average Bonchev–Trinajstić information content (AvgIpc) is 3.30. The maximum Gasteiger partial charge on any atom is 0.271 e. The number of piperidine rings is 1. The Morgan fingerprint density at radius 3 is 2.72 bits per heavy atom. The van der Waals surface area contributed by atoms with Crippen molar-refractivity contribution < 1.29 is 9.59 Å². The summed E-state index contributed by atoms with van der Waals surface area (Å²) in [5, 5.41) is 0. The lowest BCUT2D eigenvalue weighted by molar-refractivity contribution is -0.146. The fourth-order valence-corrected chi connectivity index (χ4v) is 4.17. The summed E-state index contributed by atoms with van der Waals surface area (Å²) in [4.78, 5) is 37.2. The first-order chi connectivity index (χ1) is 12.2. The molecule has 2 aromatic heterocycles. The number of carbonyl (C=O) groups is 2. The van der Waals surface area contributed by atoms with Gasteiger partial charge < -0.3 is 14.8 Å². The molecule has 0 aromatic carbocycles. The van der Waals surface area contributed by atoms with Crippen molar-refractivity contribution in [1.29, 1.82) is 0 Å². The molecule has 2 aliphatic rings. The van der Waals surface area contributed by atoms with Gasteiger partial charge in [-0.05, 0) is 49.9 Å². The zero-order valence-corrected chi connectivity index (χ0v) is 14.1.